The standard InChI is InChI=1S/C11H15N2O8P.Na/c12-10(16)6-2-1-3-13(4-6)11-9(15)8(14)7(21-11)5-20-22(17,18)19;/h1-4,7-9,11,14-15H,5H2,(H3-,12,16,17,18,19);/q;+1/p-1/t7-,8-,9-,11-;/m1./s1. The Bertz CT molecular complexity index is 611. The van der Waals surface area contributed by atoms with Gasteiger partial charge in [-0.15, -0.1) is 0 Å². The molecule has 122 valence electrons. The third-order valence-corrected chi connectivity index (χ3v) is 3.60. The van der Waals surface area contributed by atoms with E-state index in [1.165, 1.54) is 29.1 Å². The Morgan fingerprint density at radius 3 is 2.65 bits per heavy atom. The molecule has 2 rings (SSSR count). The number of primary amides is 1. The molecule has 1 aliphatic rings. The van der Waals surface area contributed by atoms with Gasteiger partial charge in [0.15, 0.2) is 18.5 Å². The zero-order valence-electron chi connectivity index (χ0n) is 12.1. The summed E-state index contributed by atoms with van der Waals surface area (Å²) in [5, 5.41) is 19.8. The molecule has 1 amide bonds. The number of rotatable bonds is 5. The number of hydrogen-bond donors (Lipinski definition) is 3. The van der Waals surface area contributed by atoms with E-state index in [2.05, 4.69) is 4.52 Å². The number of nitrogens with two attached hydrogens (primary N) is 1. The van der Waals surface area contributed by atoms with Crippen LogP contribution in [0.15, 0.2) is 24.5 Å². The monoisotopic (exact) mass is 356 g/mol. The van der Waals surface area contributed by atoms with Gasteiger partial charge in [0.2, 0.25) is 0 Å². The van der Waals surface area contributed by atoms with Crippen molar-refractivity contribution in [3.05, 3.63) is 30.1 Å². The van der Waals surface area contributed by atoms with Gasteiger partial charge < -0.3 is 39.6 Å². The van der Waals surface area contributed by atoms with Gasteiger partial charge in [-0.3, -0.25) is 4.79 Å². The van der Waals surface area contributed by atoms with Crippen molar-refractivity contribution < 1.29 is 72.7 Å². The summed E-state index contributed by atoms with van der Waals surface area (Å²) in [4.78, 5) is 32.0. The van der Waals surface area contributed by atoms with Gasteiger partial charge in [0.25, 0.3) is 12.1 Å². The van der Waals surface area contributed by atoms with Crippen LogP contribution in [0.2, 0.25) is 0 Å². The SMILES string of the molecule is NC(=O)c1ccc[n+]([C@@H]2O[C@H](COP(=O)([O-])[O-])[C@@H](O)[C@H]2O)c1.[Na+]. The number of aliphatic hydroxyl groups excluding tert-OH is 2. The number of phosphoric acid groups is 1. The van der Waals surface area contributed by atoms with E-state index in [0.717, 1.165) is 0 Å². The zero-order chi connectivity index (χ0) is 16.5. The van der Waals surface area contributed by atoms with Crippen molar-refractivity contribution in [1.82, 2.24) is 0 Å². The van der Waals surface area contributed by atoms with Crippen molar-refractivity contribution in [3.63, 3.8) is 0 Å². The predicted molar refractivity (Wildman–Crippen MR) is 64.6 cm³/mol. The first-order valence-corrected chi connectivity index (χ1v) is 7.64. The minimum absolute atomic E-state index is 0. The van der Waals surface area contributed by atoms with Gasteiger partial charge in [0, 0.05) is 6.07 Å². The van der Waals surface area contributed by atoms with E-state index in [1.807, 2.05) is 0 Å². The van der Waals surface area contributed by atoms with Crippen LogP contribution in [-0.4, -0.2) is 41.0 Å². The van der Waals surface area contributed by atoms with Crippen molar-refractivity contribution in [2.75, 3.05) is 6.61 Å². The van der Waals surface area contributed by atoms with Gasteiger partial charge in [0.1, 0.15) is 17.8 Å². The van der Waals surface area contributed by atoms with Crippen molar-refractivity contribution in [3.8, 4) is 0 Å². The Kier molecular flexibility index (Phi) is 7.30. The molecule has 0 radical (unpaired) electrons. The number of hydrogen-bond acceptors (Lipinski definition) is 8. The fourth-order valence-corrected chi connectivity index (χ4v) is 2.40. The van der Waals surface area contributed by atoms with E-state index < -0.39 is 44.9 Å². The quantitative estimate of drug-likeness (QED) is 0.266. The number of nitrogens with zero attached hydrogens (tertiary/aromatic N) is 1. The van der Waals surface area contributed by atoms with E-state index in [-0.39, 0.29) is 35.1 Å². The summed E-state index contributed by atoms with van der Waals surface area (Å²) >= 11 is 0. The maximum Gasteiger partial charge on any atom is 1.00 e. The normalized spacial score (nSPS) is 27.5. The topological polar surface area (TPSA) is 169 Å². The first-order chi connectivity index (χ1) is 10.2. The summed E-state index contributed by atoms with van der Waals surface area (Å²) in [5.41, 5.74) is 5.29. The van der Waals surface area contributed by atoms with Gasteiger partial charge in [-0.05, 0) is 6.07 Å². The molecule has 0 bridgehead atoms. The number of ether oxygens (including phenoxy) is 1. The number of amides is 1. The Hall–Kier alpha value is -0.390. The molecule has 1 saturated heterocycles. The maximum atomic E-state index is 11.1. The molecule has 4 N–H and O–H groups in total. The molecule has 2 heterocycles. The number of carbonyl (C=O) groups excluding carboxylic acids is 1. The molecule has 0 unspecified atom stereocenters. The molecule has 0 saturated carbocycles. The predicted octanol–water partition coefficient (Wildman–Crippen LogP) is -6.46. The molecular weight excluding hydrogens is 342 g/mol. The minimum atomic E-state index is -5.22. The Labute approximate surface area is 153 Å². The van der Waals surface area contributed by atoms with E-state index >= 15 is 0 Å². The molecule has 1 fully saturated rings. The molecule has 1 aromatic rings. The van der Waals surface area contributed by atoms with Gasteiger partial charge in [-0.2, -0.15) is 4.57 Å². The Morgan fingerprint density at radius 2 is 2.09 bits per heavy atom. The van der Waals surface area contributed by atoms with Gasteiger partial charge >= 0.3 is 29.6 Å². The summed E-state index contributed by atoms with van der Waals surface area (Å²) in [6, 6.07) is 2.93. The second-order valence-corrected chi connectivity index (χ2v) is 5.85. The second kappa shape index (κ2) is 8.13. The second-order valence-electron chi connectivity index (χ2n) is 4.69. The van der Waals surface area contributed by atoms with Crippen LogP contribution in [0.5, 0.6) is 0 Å². The molecule has 0 aliphatic carbocycles. The average Bonchev–Trinajstić information content (AvgIpc) is 2.72. The van der Waals surface area contributed by atoms with Crippen molar-refractivity contribution >= 4 is 13.7 Å². The summed E-state index contributed by atoms with van der Waals surface area (Å²) < 4.78 is 21.1. The van der Waals surface area contributed by atoms with Crippen LogP contribution in [-0.2, 0) is 13.8 Å². The molecule has 23 heavy (non-hydrogen) atoms. The zero-order valence-corrected chi connectivity index (χ0v) is 15.0. The number of pyridine rings is 1. The first-order valence-electron chi connectivity index (χ1n) is 6.18. The number of aliphatic hydroxyl groups is 2. The maximum absolute atomic E-state index is 11.1. The average molecular weight is 356 g/mol. The molecule has 1 aliphatic heterocycles. The van der Waals surface area contributed by atoms with Crippen LogP contribution in [0, 0.1) is 0 Å². The van der Waals surface area contributed by atoms with E-state index in [1.54, 1.807) is 0 Å². The van der Waals surface area contributed by atoms with Crippen molar-refractivity contribution in [2.45, 2.75) is 24.5 Å². The van der Waals surface area contributed by atoms with Crippen molar-refractivity contribution in [1.29, 1.82) is 0 Å². The summed E-state index contributed by atoms with van der Waals surface area (Å²) in [6.45, 7) is -0.727. The third kappa shape index (κ3) is 5.30. The smallest absolute Gasteiger partial charge is 0.790 e. The van der Waals surface area contributed by atoms with Crippen LogP contribution in [0.4, 0.5) is 0 Å². The number of carbonyl (C=O) groups is 1. The molecule has 4 atom stereocenters. The molecule has 0 aromatic carbocycles. The Morgan fingerprint density at radius 1 is 1.43 bits per heavy atom. The molecule has 12 heteroatoms. The minimum Gasteiger partial charge on any atom is -0.790 e. The molecule has 10 nitrogen and oxygen atoms in total. The van der Waals surface area contributed by atoms with E-state index in [0.29, 0.717) is 0 Å². The molecule has 1 aromatic heterocycles. The third-order valence-electron chi connectivity index (χ3n) is 3.13. The molecular formula is C11H14N2NaO8P. The van der Waals surface area contributed by atoms with Gasteiger partial charge in [-0.25, -0.2) is 0 Å². The van der Waals surface area contributed by atoms with Crippen LogP contribution in [0.1, 0.15) is 16.6 Å². The fourth-order valence-electron chi connectivity index (χ4n) is 2.07. The summed E-state index contributed by atoms with van der Waals surface area (Å²) in [7, 11) is -5.22. The van der Waals surface area contributed by atoms with Gasteiger partial charge in [-0.1, -0.05) is 0 Å². The van der Waals surface area contributed by atoms with Crippen LogP contribution in [0.3, 0.4) is 0 Å². The summed E-state index contributed by atoms with van der Waals surface area (Å²) in [6.07, 6.45) is -2.44. The first kappa shape index (κ1) is 20.7. The van der Waals surface area contributed by atoms with Crippen molar-refractivity contribution in [2.24, 2.45) is 5.73 Å². The largest absolute Gasteiger partial charge is 1.00 e. The van der Waals surface area contributed by atoms with Gasteiger partial charge in [0.05, 0.1) is 14.4 Å². The van der Waals surface area contributed by atoms with E-state index in [9.17, 15) is 29.4 Å². The number of phosphoric ester groups is 1. The fraction of sp³-hybridized carbons (Fsp3) is 0.455. The summed E-state index contributed by atoms with van der Waals surface area (Å²) in [5.74, 6) is -0.694. The van der Waals surface area contributed by atoms with E-state index in [4.69, 9.17) is 10.5 Å². The number of aromatic nitrogens is 1. The van der Waals surface area contributed by atoms with Crippen LogP contribution >= 0.6 is 7.82 Å². The Balaban J connectivity index is 0.00000264. The molecule has 0 spiro atoms. The van der Waals surface area contributed by atoms with Crippen LogP contribution in [0.25, 0.3) is 0 Å². The van der Waals surface area contributed by atoms with Crippen LogP contribution < -0.4 is 49.6 Å².